The van der Waals surface area contributed by atoms with Gasteiger partial charge in [-0.2, -0.15) is 0 Å². The molecule has 19 heavy (non-hydrogen) atoms. The highest BCUT2D eigenvalue weighted by atomic mass is 79.9. The number of benzene rings is 1. The van der Waals surface area contributed by atoms with Crippen LogP contribution in [0.5, 0.6) is 0 Å². The number of para-hydroxylation sites is 1. The van der Waals surface area contributed by atoms with Crippen molar-refractivity contribution in [2.45, 2.75) is 38.1 Å². The highest BCUT2D eigenvalue weighted by molar-refractivity contribution is 9.10. The number of nitrogens with zero attached hydrogens (tertiary/aromatic N) is 1. The fourth-order valence-electron chi connectivity index (χ4n) is 3.77. The van der Waals surface area contributed by atoms with Gasteiger partial charge in [0.25, 0.3) is 0 Å². The first-order chi connectivity index (χ1) is 9.34. The summed E-state index contributed by atoms with van der Waals surface area (Å²) in [5.74, 6) is 0.997. The minimum atomic E-state index is 0.884. The van der Waals surface area contributed by atoms with E-state index in [1.165, 1.54) is 50.9 Å². The molecule has 1 aliphatic heterocycles. The second kappa shape index (κ2) is 6.27. The number of fused-ring (bicyclic) bond motifs is 1. The smallest absolute Gasteiger partial charge is 0.0485 e. The van der Waals surface area contributed by atoms with Crippen LogP contribution in [0, 0.1) is 5.92 Å². The molecule has 1 aliphatic carbocycles. The summed E-state index contributed by atoms with van der Waals surface area (Å²) in [7, 11) is 0. The van der Waals surface area contributed by atoms with E-state index in [4.69, 9.17) is 0 Å². The third-order valence-electron chi connectivity index (χ3n) is 4.70. The van der Waals surface area contributed by atoms with Gasteiger partial charge in [-0.15, -0.1) is 0 Å². The quantitative estimate of drug-likeness (QED) is 0.896. The van der Waals surface area contributed by atoms with Crippen LogP contribution in [0.4, 0.5) is 5.69 Å². The van der Waals surface area contributed by atoms with E-state index in [0.717, 1.165) is 23.0 Å². The highest BCUT2D eigenvalue weighted by Crippen LogP contribution is 2.36. The van der Waals surface area contributed by atoms with Crippen molar-refractivity contribution in [3.63, 3.8) is 0 Å². The summed E-state index contributed by atoms with van der Waals surface area (Å²) in [4.78, 5) is 2.73. The van der Waals surface area contributed by atoms with Crippen LogP contribution in [-0.2, 0) is 0 Å². The first-order valence-corrected chi connectivity index (χ1v) is 8.36. The Kier molecular flexibility index (Phi) is 4.44. The van der Waals surface area contributed by atoms with Crippen molar-refractivity contribution in [1.29, 1.82) is 0 Å². The molecule has 2 fully saturated rings. The lowest BCUT2D eigenvalue weighted by Crippen LogP contribution is -2.44. The Bertz CT molecular complexity index is 421. The van der Waals surface area contributed by atoms with Gasteiger partial charge < -0.3 is 5.32 Å². The van der Waals surface area contributed by atoms with Crippen molar-refractivity contribution >= 4 is 21.6 Å². The summed E-state index contributed by atoms with van der Waals surface area (Å²) < 4.78 is 1.16. The standard InChI is InChI=1S/C16H23BrN2/c17-14-7-1-2-8-15(14)18-10-12-19-11-4-6-13-5-3-9-16(13)19/h1-2,7-8,13,16,18H,3-6,9-12H2. The van der Waals surface area contributed by atoms with E-state index in [2.05, 4.69) is 50.4 Å². The average molecular weight is 323 g/mol. The second-order valence-electron chi connectivity index (χ2n) is 5.84. The molecule has 0 aromatic heterocycles. The molecule has 2 unspecified atom stereocenters. The van der Waals surface area contributed by atoms with E-state index < -0.39 is 0 Å². The van der Waals surface area contributed by atoms with E-state index in [9.17, 15) is 0 Å². The van der Waals surface area contributed by atoms with Crippen molar-refractivity contribution < 1.29 is 0 Å². The van der Waals surface area contributed by atoms with E-state index >= 15 is 0 Å². The van der Waals surface area contributed by atoms with Gasteiger partial charge in [0.05, 0.1) is 0 Å². The fourth-order valence-corrected chi connectivity index (χ4v) is 4.20. The van der Waals surface area contributed by atoms with E-state index in [0.29, 0.717) is 0 Å². The molecule has 1 aromatic rings. The molecule has 2 aliphatic rings. The number of nitrogens with one attached hydrogen (secondary N) is 1. The van der Waals surface area contributed by atoms with E-state index in [1.807, 2.05) is 0 Å². The molecule has 2 nitrogen and oxygen atoms in total. The molecule has 0 radical (unpaired) electrons. The van der Waals surface area contributed by atoms with Gasteiger partial charge in [0.2, 0.25) is 0 Å². The number of anilines is 1. The summed E-state index contributed by atoms with van der Waals surface area (Å²) in [5, 5.41) is 3.55. The van der Waals surface area contributed by atoms with Crippen molar-refractivity contribution in [2.75, 3.05) is 25.0 Å². The minimum absolute atomic E-state index is 0.884. The molecular formula is C16H23BrN2. The van der Waals surface area contributed by atoms with Crippen molar-refractivity contribution in [2.24, 2.45) is 5.92 Å². The van der Waals surface area contributed by atoms with Gasteiger partial charge in [0, 0.05) is 29.3 Å². The zero-order valence-electron chi connectivity index (χ0n) is 11.4. The number of hydrogen-bond acceptors (Lipinski definition) is 2. The lowest BCUT2D eigenvalue weighted by atomic mass is 9.92. The normalized spacial score (nSPS) is 27.2. The SMILES string of the molecule is Brc1ccccc1NCCN1CCCC2CCCC21. The van der Waals surface area contributed by atoms with Crippen LogP contribution in [0.2, 0.25) is 0 Å². The molecule has 1 N–H and O–H groups in total. The summed E-state index contributed by atoms with van der Waals surface area (Å²) in [6, 6.07) is 9.26. The molecule has 0 bridgehead atoms. The van der Waals surface area contributed by atoms with Crippen molar-refractivity contribution in [1.82, 2.24) is 4.90 Å². The maximum absolute atomic E-state index is 3.59. The van der Waals surface area contributed by atoms with Crippen LogP contribution in [0.1, 0.15) is 32.1 Å². The summed E-state index contributed by atoms with van der Waals surface area (Å²) in [5.41, 5.74) is 1.21. The van der Waals surface area contributed by atoms with Crippen molar-refractivity contribution in [3.8, 4) is 0 Å². The fraction of sp³-hybridized carbons (Fsp3) is 0.625. The first kappa shape index (κ1) is 13.4. The van der Waals surface area contributed by atoms with Gasteiger partial charge in [0.15, 0.2) is 0 Å². The van der Waals surface area contributed by atoms with Crippen LogP contribution < -0.4 is 5.32 Å². The molecule has 2 atom stereocenters. The van der Waals surface area contributed by atoms with Crippen LogP contribution in [0.3, 0.4) is 0 Å². The molecule has 3 heteroatoms. The number of hydrogen-bond donors (Lipinski definition) is 1. The molecular weight excluding hydrogens is 300 g/mol. The second-order valence-corrected chi connectivity index (χ2v) is 6.70. The monoisotopic (exact) mass is 322 g/mol. The maximum Gasteiger partial charge on any atom is 0.0485 e. The molecule has 0 amide bonds. The van der Waals surface area contributed by atoms with Gasteiger partial charge >= 0.3 is 0 Å². The number of piperidine rings is 1. The Labute approximate surface area is 124 Å². The molecule has 1 heterocycles. The third-order valence-corrected chi connectivity index (χ3v) is 5.39. The third kappa shape index (κ3) is 3.14. The predicted octanol–water partition coefficient (Wildman–Crippen LogP) is 4.13. The van der Waals surface area contributed by atoms with Crippen LogP contribution >= 0.6 is 15.9 Å². The lowest BCUT2D eigenvalue weighted by molar-refractivity contribution is 0.118. The van der Waals surface area contributed by atoms with Crippen LogP contribution in [0.25, 0.3) is 0 Å². The Hall–Kier alpha value is -0.540. The average Bonchev–Trinajstić information content (AvgIpc) is 2.90. The van der Waals surface area contributed by atoms with Gasteiger partial charge in [-0.3, -0.25) is 4.90 Å². The zero-order chi connectivity index (χ0) is 13.1. The lowest BCUT2D eigenvalue weighted by Gasteiger charge is -2.37. The Balaban J connectivity index is 1.51. The largest absolute Gasteiger partial charge is 0.383 e. The summed E-state index contributed by atoms with van der Waals surface area (Å²) in [6.07, 6.45) is 7.22. The number of likely N-dealkylation sites (tertiary alicyclic amines) is 1. The van der Waals surface area contributed by atoms with Gasteiger partial charge in [0.1, 0.15) is 0 Å². The minimum Gasteiger partial charge on any atom is -0.383 e. The van der Waals surface area contributed by atoms with Crippen LogP contribution in [0.15, 0.2) is 28.7 Å². The van der Waals surface area contributed by atoms with Gasteiger partial charge in [-0.05, 0) is 66.2 Å². The summed E-state index contributed by atoms with van der Waals surface area (Å²) in [6.45, 7) is 3.53. The first-order valence-electron chi connectivity index (χ1n) is 7.57. The molecule has 104 valence electrons. The van der Waals surface area contributed by atoms with Gasteiger partial charge in [-0.1, -0.05) is 18.6 Å². The Morgan fingerprint density at radius 1 is 1.16 bits per heavy atom. The molecule has 3 rings (SSSR count). The predicted molar refractivity (Wildman–Crippen MR) is 84.6 cm³/mol. The van der Waals surface area contributed by atoms with E-state index in [-0.39, 0.29) is 0 Å². The molecule has 0 spiro atoms. The van der Waals surface area contributed by atoms with Crippen molar-refractivity contribution in [3.05, 3.63) is 28.7 Å². The molecule has 1 aromatic carbocycles. The topological polar surface area (TPSA) is 15.3 Å². The zero-order valence-corrected chi connectivity index (χ0v) is 13.0. The molecule has 1 saturated heterocycles. The highest BCUT2D eigenvalue weighted by Gasteiger charge is 2.34. The Morgan fingerprint density at radius 3 is 2.89 bits per heavy atom. The van der Waals surface area contributed by atoms with E-state index in [1.54, 1.807) is 0 Å². The number of rotatable bonds is 4. The number of halogens is 1. The molecule has 1 saturated carbocycles. The van der Waals surface area contributed by atoms with Gasteiger partial charge in [-0.25, -0.2) is 0 Å². The summed E-state index contributed by atoms with van der Waals surface area (Å²) >= 11 is 3.59. The van der Waals surface area contributed by atoms with Crippen LogP contribution in [-0.4, -0.2) is 30.6 Å². The Morgan fingerprint density at radius 2 is 2.00 bits per heavy atom. The maximum atomic E-state index is 3.59.